The molecule has 0 aromatic heterocycles. The van der Waals surface area contributed by atoms with Gasteiger partial charge in [0.05, 0.1) is 17.6 Å². The van der Waals surface area contributed by atoms with Crippen LogP contribution in [0, 0.1) is 6.07 Å². The first-order chi connectivity index (χ1) is 14.5. The van der Waals surface area contributed by atoms with Crippen molar-refractivity contribution in [2.45, 2.75) is 36.7 Å². The van der Waals surface area contributed by atoms with Crippen LogP contribution in [0.4, 0.5) is 5.69 Å². The zero-order chi connectivity index (χ0) is 21.2. The van der Waals surface area contributed by atoms with Gasteiger partial charge >= 0.3 is 0 Å². The molecule has 3 aromatic carbocycles. The van der Waals surface area contributed by atoms with Crippen molar-refractivity contribution in [2.24, 2.45) is 0 Å². The minimum absolute atomic E-state index is 0.223. The molecule has 157 valence electrons. The SMILES string of the molecule is O=S(=O)(Nc1cccc(CCC(O)CCCOc2[c]cccc2)c1)c1ccccc1. The van der Waals surface area contributed by atoms with Gasteiger partial charge in [0, 0.05) is 11.8 Å². The fourth-order valence-corrected chi connectivity index (χ4v) is 4.12. The third-order valence-electron chi connectivity index (χ3n) is 4.62. The summed E-state index contributed by atoms with van der Waals surface area (Å²) >= 11 is 0. The van der Waals surface area contributed by atoms with E-state index in [1.165, 1.54) is 0 Å². The molecule has 30 heavy (non-hydrogen) atoms. The number of benzene rings is 3. The van der Waals surface area contributed by atoms with Crippen LogP contribution >= 0.6 is 0 Å². The Bertz CT molecular complexity index is 1010. The van der Waals surface area contributed by atoms with Crippen LogP contribution in [0.25, 0.3) is 0 Å². The standard InChI is InChI=1S/C24H26NO4S/c26-22(11-8-18-29-23-12-3-1-4-13-23)17-16-20-9-7-10-21(19-20)25-30(27,28)24-14-5-2-6-15-24/h1-7,9-10,12,14-15,19,22,25-26H,8,11,16-18H2. The molecule has 2 N–H and O–H groups in total. The molecular weight excluding hydrogens is 398 g/mol. The summed E-state index contributed by atoms with van der Waals surface area (Å²) in [6, 6.07) is 26.0. The van der Waals surface area contributed by atoms with Gasteiger partial charge in [-0.2, -0.15) is 0 Å². The maximum absolute atomic E-state index is 12.5. The van der Waals surface area contributed by atoms with Crippen LogP contribution in [0.3, 0.4) is 0 Å². The minimum atomic E-state index is -3.62. The second-order valence-electron chi connectivity index (χ2n) is 7.03. The zero-order valence-electron chi connectivity index (χ0n) is 16.7. The van der Waals surface area contributed by atoms with E-state index in [0.717, 1.165) is 12.0 Å². The normalized spacial score (nSPS) is 12.3. The monoisotopic (exact) mass is 424 g/mol. The molecular formula is C24H26NO4S. The molecule has 3 aromatic rings. The molecule has 0 saturated heterocycles. The Morgan fingerprint density at radius 1 is 0.967 bits per heavy atom. The van der Waals surface area contributed by atoms with Gasteiger partial charge in [0.15, 0.2) is 0 Å². The van der Waals surface area contributed by atoms with Gasteiger partial charge in [-0.1, -0.05) is 48.5 Å². The van der Waals surface area contributed by atoms with Gasteiger partial charge in [-0.3, -0.25) is 4.72 Å². The molecule has 1 unspecified atom stereocenters. The average molecular weight is 425 g/mol. The smallest absolute Gasteiger partial charge is 0.261 e. The van der Waals surface area contributed by atoms with Gasteiger partial charge in [0.1, 0.15) is 5.75 Å². The van der Waals surface area contributed by atoms with E-state index in [1.54, 1.807) is 42.5 Å². The Kier molecular flexibility index (Phi) is 7.88. The number of aliphatic hydroxyl groups is 1. The third-order valence-corrected chi connectivity index (χ3v) is 6.02. The summed E-state index contributed by atoms with van der Waals surface area (Å²) in [5.74, 6) is 0.710. The molecule has 1 atom stereocenters. The molecule has 0 spiro atoms. The van der Waals surface area contributed by atoms with E-state index < -0.39 is 16.1 Å². The number of anilines is 1. The first kappa shape index (κ1) is 21.9. The van der Waals surface area contributed by atoms with Gasteiger partial charge in [-0.05, 0) is 61.6 Å². The highest BCUT2D eigenvalue weighted by molar-refractivity contribution is 7.92. The number of hydrogen-bond donors (Lipinski definition) is 2. The first-order valence-corrected chi connectivity index (χ1v) is 11.5. The van der Waals surface area contributed by atoms with Gasteiger partial charge in [-0.15, -0.1) is 0 Å². The van der Waals surface area contributed by atoms with Crippen LogP contribution in [-0.4, -0.2) is 26.2 Å². The Morgan fingerprint density at radius 2 is 1.77 bits per heavy atom. The number of nitrogens with one attached hydrogen (secondary N) is 1. The Morgan fingerprint density at radius 3 is 2.53 bits per heavy atom. The molecule has 0 aliphatic carbocycles. The predicted molar refractivity (Wildman–Crippen MR) is 118 cm³/mol. The second kappa shape index (κ2) is 10.8. The summed E-state index contributed by atoms with van der Waals surface area (Å²) in [5.41, 5.74) is 1.48. The Balaban J connectivity index is 1.44. The van der Waals surface area contributed by atoms with Gasteiger partial charge in [0.2, 0.25) is 0 Å². The van der Waals surface area contributed by atoms with E-state index in [0.29, 0.717) is 37.3 Å². The van der Waals surface area contributed by atoms with Gasteiger partial charge in [-0.25, -0.2) is 8.42 Å². The summed E-state index contributed by atoms with van der Waals surface area (Å²) in [6.07, 6.45) is 2.23. The fourth-order valence-electron chi connectivity index (χ4n) is 3.05. The highest BCUT2D eigenvalue weighted by Crippen LogP contribution is 2.19. The summed E-state index contributed by atoms with van der Waals surface area (Å²) in [7, 11) is -3.62. The van der Waals surface area contributed by atoms with Crippen LogP contribution in [-0.2, 0) is 16.4 Å². The summed E-state index contributed by atoms with van der Waals surface area (Å²) < 4.78 is 33.1. The molecule has 0 heterocycles. The number of aryl methyl sites for hydroxylation is 1. The maximum Gasteiger partial charge on any atom is 0.261 e. The quantitative estimate of drug-likeness (QED) is 0.446. The van der Waals surface area contributed by atoms with Crippen LogP contribution in [0.1, 0.15) is 24.8 Å². The van der Waals surface area contributed by atoms with Crippen molar-refractivity contribution in [3.63, 3.8) is 0 Å². The Labute approximate surface area is 178 Å². The van der Waals surface area contributed by atoms with Crippen LogP contribution in [0.5, 0.6) is 5.75 Å². The van der Waals surface area contributed by atoms with E-state index in [1.807, 2.05) is 36.4 Å². The molecule has 0 saturated carbocycles. The molecule has 0 bridgehead atoms. The van der Waals surface area contributed by atoms with E-state index in [2.05, 4.69) is 10.8 Å². The van der Waals surface area contributed by atoms with Crippen molar-refractivity contribution in [3.05, 3.63) is 90.5 Å². The number of hydrogen-bond acceptors (Lipinski definition) is 4. The number of ether oxygens (including phenoxy) is 1. The number of sulfonamides is 1. The molecule has 6 heteroatoms. The molecule has 5 nitrogen and oxygen atoms in total. The van der Waals surface area contributed by atoms with E-state index in [-0.39, 0.29) is 4.90 Å². The largest absolute Gasteiger partial charge is 0.493 e. The summed E-state index contributed by atoms with van der Waals surface area (Å²) in [4.78, 5) is 0.223. The van der Waals surface area contributed by atoms with Crippen LogP contribution in [0.2, 0.25) is 0 Å². The second-order valence-corrected chi connectivity index (χ2v) is 8.71. The van der Waals surface area contributed by atoms with Gasteiger partial charge in [0.25, 0.3) is 10.0 Å². The molecule has 0 fully saturated rings. The average Bonchev–Trinajstić information content (AvgIpc) is 2.77. The van der Waals surface area contributed by atoms with Crippen LogP contribution in [0.15, 0.2) is 83.8 Å². The summed E-state index contributed by atoms with van der Waals surface area (Å²) in [6.45, 7) is 0.536. The third kappa shape index (κ3) is 6.90. The lowest BCUT2D eigenvalue weighted by molar-refractivity contribution is 0.144. The lowest BCUT2D eigenvalue weighted by atomic mass is 10.0. The maximum atomic E-state index is 12.5. The Hall–Kier alpha value is -2.83. The highest BCUT2D eigenvalue weighted by Gasteiger charge is 2.13. The molecule has 0 aliphatic heterocycles. The van der Waals surface area contributed by atoms with E-state index in [9.17, 15) is 13.5 Å². The first-order valence-electron chi connectivity index (χ1n) is 9.97. The van der Waals surface area contributed by atoms with Crippen molar-refractivity contribution in [3.8, 4) is 5.75 Å². The molecule has 0 amide bonds. The fraction of sp³-hybridized carbons (Fsp3) is 0.250. The van der Waals surface area contributed by atoms with Crippen molar-refractivity contribution in [1.82, 2.24) is 0 Å². The number of para-hydroxylation sites is 1. The number of rotatable bonds is 11. The lowest BCUT2D eigenvalue weighted by Crippen LogP contribution is -2.13. The molecule has 3 rings (SSSR count). The topological polar surface area (TPSA) is 75.6 Å². The predicted octanol–water partition coefficient (Wildman–Crippen LogP) is 4.44. The number of aliphatic hydroxyl groups excluding tert-OH is 1. The van der Waals surface area contributed by atoms with Crippen molar-refractivity contribution < 1.29 is 18.3 Å². The van der Waals surface area contributed by atoms with Crippen molar-refractivity contribution in [1.29, 1.82) is 0 Å². The molecule has 0 aliphatic rings. The molecule has 1 radical (unpaired) electrons. The lowest BCUT2D eigenvalue weighted by Gasteiger charge is -2.12. The minimum Gasteiger partial charge on any atom is -0.493 e. The van der Waals surface area contributed by atoms with E-state index >= 15 is 0 Å². The van der Waals surface area contributed by atoms with Crippen LogP contribution < -0.4 is 9.46 Å². The van der Waals surface area contributed by atoms with Crippen molar-refractivity contribution in [2.75, 3.05) is 11.3 Å². The van der Waals surface area contributed by atoms with Crippen molar-refractivity contribution >= 4 is 15.7 Å². The van der Waals surface area contributed by atoms with Gasteiger partial charge < -0.3 is 9.84 Å². The van der Waals surface area contributed by atoms with E-state index in [4.69, 9.17) is 4.74 Å². The summed E-state index contributed by atoms with van der Waals surface area (Å²) in [5, 5.41) is 10.2. The highest BCUT2D eigenvalue weighted by atomic mass is 32.2. The zero-order valence-corrected chi connectivity index (χ0v) is 17.5.